The number of amides is 2. The maximum absolute atomic E-state index is 12.7. The summed E-state index contributed by atoms with van der Waals surface area (Å²) >= 11 is 0. The molecule has 2 fully saturated rings. The van der Waals surface area contributed by atoms with Crippen molar-refractivity contribution in [1.29, 1.82) is 0 Å². The molecule has 2 amide bonds. The van der Waals surface area contributed by atoms with Crippen molar-refractivity contribution in [2.24, 2.45) is 5.92 Å². The summed E-state index contributed by atoms with van der Waals surface area (Å²) in [4.78, 5) is 26.6. The lowest BCUT2D eigenvalue weighted by Crippen LogP contribution is -2.46. The molecule has 1 saturated carbocycles. The summed E-state index contributed by atoms with van der Waals surface area (Å²) in [7, 11) is 0. The van der Waals surface area contributed by atoms with E-state index in [1.165, 1.54) is 12.1 Å². The van der Waals surface area contributed by atoms with Gasteiger partial charge in [-0.3, -0.25) is 9.59 Å². The minimum Gasteiger partial charge on any atom is -0.353 e. The van der Waals surface area contributed by atoms with E-state index in [1.807, 2.05) is 6.92 Å². The van der Waals surface area contributed by atoms with E-state index in [9.17, 15) is 22.8 Å². The van der Waals surface area contributed by atoms with Gasteiger partial charge in [0.05, 0.1) is 11.5 Å². The number of nitrogens with zero attached hydrogens (tertiary/aromatic N) is 1. The molecule has 1 aliphatic carbocycles. The van der Waals surface area contributed by atoms with Gasteiger partial charge >= 0.3 is 6.18 Å². The normalized spacial score (nSPS) is 21.6. The highest BCUT2D eigenvalue weighted by Crippen LogP contribution is 2.31. The average Bonchev–Trinajstić information content (AvgIpc) is 3.45. The van der Waals surface area contributed by atoms with Gasteiger partial charge in [0.2, 0.25) is 11.8 Å². The first-order valence-electron chi connectivity index (χ1n) is 9.49. The zero-order chi connectivity index (χ0) is 19.6. The Bertz CT molecular complexity index is 683. The number of rotatable bonds is 5. The molecule has 148 valence electrons. The van der Waals surface area contributed by atoms with Crippen molar-refractivity contribution in [2.75, 3.05) is 13.1 Å². The molecule has 3 rings (SSSR count). The number of carbonyl (C=O) groups excluding carboxylic acids is 2. The summed E-state index contributed by atoms with van der Waals surface area (Å²) in [6.07, 6.45) is -0.485. The van der Waals surface area contributed by atoms with Crippen molar-refractivity contribution < 1.29 is 22.8 Å². The fourth-order valence-corrected chi connectivity index (χ4v) is 3.47. The molecule has 1 saturated heterocycles. The molecule has 27 heavy (non-hydrogen) atoms. The quantitative estimate of drug-likeness (QED) is 0.844. The summed E-state index contributed by atoms with van der Waals surface area (Å²) in [6, 6.07) is 5.28. The highest BCUT2D eigenvalue weighted by Gasteiger charge is 2.33. The smallest absolute Gasteiger partial charge is 0.353 e. The molecule has 2 atom stereocenters. The lowest BCUT2D eigenvalue weighted by atomic mass is 9.93. The molecule has 0 aromatic heterocycles. The van der Waals surface area contributed by atoms with Crippen LogP contribution in [0.3, 0.4) is 0 Å². The summed E-state index contributed by atoms with van der Waals surface area (Å²) in [5.41, 5.74) is 0.0155. The number of benzene rings is 1. The van der Waals surface area contributed by atoms with Crippen LogP contribution in [0.25, 0.3) is 0 Å². The largest absolute Gasteiger partial charge is 0.416 e. The summed E-state index contributed by atoms with van der Waals surface area (Å²) in [5, 5.41) is 3.00. The predicted molar refractivity (Wildman–Crippen MR) is 94.9 cm³/mol. The van der Waals surface area contributed by atoms with E-state index in [1.54, 1.807) is 4.90 Å². The van der Waals surface area contributed by atoms with Crippen LogP contribution >= 0.6 is 0 Å². The molecule has 0 spiro atoms. The van der Waals surface area contributed by atoms with Gasteiger partial charge in [0.15, 0.2) is 0 Å². The first-order chi connectivity index (χ1) is 12.7. The highest BCUT2D eigenvalue weighted by atomic mass is 19.4. The van der Waals surface area contributed by atoms with Crippen LogP contribution in [-0.2, 0) is 15.8 Å². The molecule has 1 aliphatic heterocycles. The topological polar surface area (TPSA) is 49.4 Å². The Labute approximate surface area is 157 Å². The van der Waals surface area contributed by atoms with E-state index >= 15 is 0 Å². The van der Waals surface area contributed by atoms with Gasteiger partial charge in [-0.25, -0.2) is 0 Å². The first kappa shape index (κ1) is 19.7. The van der Waals surface area contributed by atoms with Gasteiger partial charge in [-0.2, -0.15) is 13.2 Å². The Hall–Kier alpha value is -2.05. The highest BCUT2D eigenvalue weighted by molar-refractivity contribution is 5.82. The molecule has 1 N–H and O–H groups in total. The van der Waals surface area contributed by atoms with Crippen LogP contribution in [0.15, 0.2) is 24.3 Å². The van der Waals surface area contributed by atoms with E-state index in [4.69, 9.17) is 0 Å². The van der Waals surface area contributed by atoms with Crippen molar-refractivity contribution in [2.45, 2.75) is 57.2 Å². The zero-order valence-electron chi connectivity index (χ0n) is 15.4. The number of likely N-dealkylation sites (tertiary alicyclic amines) is 1. The SMILES string of the molecule is CC(CC(=O)N1CCCC(C(=O)NC2CC2)C1)c1ccc(C(F)(F)F)cc1. The number of hydrogen-bond acceptors (Lipinski definition) is 2. The van der Waals surface area contributed by atoms with Crippen LogP contribution in [0, 0.1) is 5.92 Å². The van der Waals surface area contributed by atoms with Crippen molar-refractivity contribution in [3.05, 3.63) is 35.4 Å². The third-order valence-corrected chi connectivity index (χ3v) is 5.36. The second kappa shape index (κ2) is 7.90. The second-order valence-corrected chi connectivity index (χ2v) is 7.69. The minimum absolute atomic E-state index is 0.0331. The molecule has 1 aromatic rings. The number of hydrogen-bond donors (Lipinski definition) is 1. The van der Waals surface area contributed by atoms with E-state index in [-0.39, 0.29) is 30.1 Å². The third-order valence-electron chi connectivity index (χ3n) is 5.36. The Morgan fingerprint density at radius 3 is 2.44 bits per heavy atom. The maximum Gasteiger partial charge on any atom is 0.416 e. The fourth-order valence-electron chi connectivity index (χ4n) is 3.47. The predicted octanol–water partition coefficient (Wildman–Crippen LogP) is 3.72. The second-order valence-electron chi connectivity index (χ2n) is 7.69. The molecule has 4 nitrogen and oxygen atoms in total. The lowest BCUT2D eigenvalue weighted by molar-refractivity contribution is -0.138. The van der Waals surface area contributed by atoms with Crippen molar-refractivity contribution >= 4 is 11.8 Å². The van der Waals surface area contributed by atoms with E-state index in [0.717, 1.165) is 37.8 Å². The Kier molecular flexibility index (Phi) is 5.77. The van der Waals surface area contributed by atoms with E-state index < -0.39 is 11.7 Å². The van der Waals surface area contributed by atoms with Crippen LogP contribution in [-0.4, -0.2) is 35.8 Å². The van der Waals surface area contributed by atoms with Gasteiger partial charge in [-0.1, -0.05) is 19.1 Å². The van der Waals surface area contributed by atoms with Gasteiger partial charge < -0.3 is 10.2 Å². The van der Waals surface area contributed by atoms with Crippen LogP contribution in [0.2, 0.25) is 0 Å². The zero-order valence-corrected chi connectivity index (χ0v) is 15.4. The van der Waals surface area contributed by atoms with Crippen LogP contribution in [0.5, 0.6) is 0 Å². The van der Waals surface area contributed by atoms with Crippen molar-refractivity contribution in [3.8, 4) is 0 Å². The van der Waals surface area contributed by atoms with Crippen LogP contribution in [0.4, 0.5) is 13.2 Å². The third kappa shape index (κ3) is 5.23. The average molecular weight is 382 g/mol. The van der Waals surface area contributed by atoms with Gasteiger partial charge in [-0.05, 0) is 49.3 Å². The molecule has 1 heterocycles. The summed E-state index contributed by atoms with van der Waals surface area (Å²) < 4.78 is 38.0. The van der Waals surface area contributed by atoms with Crippen molar-refractivity contribution in [1.82, 2.24) is 10.2 Å². The first-order valence-corrected chi connectivity index (χ1v) is 9.49. The maximum atomic E-state index is 12.7. The van der Waals surface area contributed by atoms with Gasteiger partial charge in [-0.15, -0.1) is 0 Å². The number of carbonyl (C=O) groups is 2. The Morgan fingerprint density at radius 2 is 1.85 bits per heavy atom. The number of piperidine rings is 1. The van der Waals surface area contributed by atoms with Gasteiger partial charge in [0, 0.05) is 25.6 Å². The molecule has 2 unspecified atom stereocenters. The molecule has 1 aromatic carbocycles. The monoisotopic (exact) mass is 382 g/mol. The Balaban J connectivity index is 1.54. The number of nitrogens with one attached hydrogen (secondary N) is 1. The summed E-state index contributed by atoms with van der Waals surface area (Å²) in [6.45, 7) is 2.89. The minimum atomic E-state index is -4.36. The molecular weight excluding hydrogens is 357 g/mol. The molecule has 7 heteroatoms. The van der Waals surface area contributed by atoms with Crippen molar-refractivity contribution in [3.63, 3.8) is 0 Å². The molecule has 0 radical (unpaired) electrons. The van der Waals surface area contributed by atoms with Gasteiger partial charge in [0.1, 0.15) is 0 Å². The van der Waals surface area contributed by atoms with E-state index in [2.05, 4.69) is 5.32 Å². The fraction of sp³-hybridized carbons (Fsp3) is 0.600. The standard InChI is InChI=1S/C20H25F3N2O2/c1-13(14-4-6-16(7-5-14)20(21,22)23)11-18(26)25-10-2-3-15(12-25)19(27)24-17-8-9-17/h4-7,13,15,17H,2-3,8-12H2,1H3,(H,24,27). The van der Waals surface area contributed by atoms with Crippen LogP contribution < -0.4 is 5.32 Å². The molecule has 2 aliphatic rings. The lowest BCUT2D eigenvalue weighted by Gasteiger charge is -2.33. The van der Waals surface area contributed by atoms with Crippen LogP contribution in [0.1, 0.15) is 56.1 Å². The van der Waals surface area contributed by atoms with Gasteiger partial charge in [0.25, 0.3) is 0 Å². The Morgan fingerprint density at radius 1 is 1.19 bits per heavy atom. The molecule has 0 bridgehead atoms. The molecular formula is C20H25F3N2O2. The number of halogens is 3. The van der Waals surface area contributed by atoms with E-state index in [0.29, 0.717) is 24.7 Å². The summed E-state index contributed by atoms with van der Waals surface area (Å²) in [5.74, 6) is -0.359. The number of alkyl halides is 3.